The fourth-order valence-electron chi connectivity index (χ4n) is 3.50. The summed E-state index contributed by atoms with van der Waals surface area (Å²) >= 11 is 0. The molecule has 1 aliphatic rings. The van der Waals surface area contributed by atoms with Gasteiger partial charge in [0.05, 0.1) is 13.1 Å². The minimum atomic E-state index is -0.177. The molecule has 2 aromatic heterocycles. The number of carbonyl (C=O) groups excluding carboxylic acids is 1. The van der Waals surface area contributed by atoms with Crippen LogP contribution in [0.4, 0.5) is 0 Å². The number of amides is 1. The van der Waals surface area contributed by atoms with Crippen LogP contribution < -0.4 is 0 Å². The van der Waals surface area contributed by atoms with Gasteiger partial charge in [0.1, 0.15) is 12.1 Å². The Labute approximate surface area is 170 Å². The first-order chi connectivity index (χ1) is 14.2. The SMILES string of the molecule is CN(Cc1ncc[nH]1)C(=O)c1coc(CN2CCN(Cc3ccccc3)CC2)n1. The Morgan fingerprint density at radius 1 is 1.14 bits per heavy atom. The van der Waals surface area contributed by atoms with Gasteiger partial charge in [0.25, 0.3) is 5.91 Å². The highest BCUT2D eigenvalue weighted by Gasteiger charge is 2.21. The highest BCUT2D eigenvalue weighted by molar-refractivity contribution is 5.91. The average molecular weight is 394 g/mol. The smallest absolute Gasteiger partial charge is 0.275 e. The van der Waals surface area contributed by atoms with Gasteiger partial charge in [0.2, 0.25) is 5.89 Å². The predicted octanol–water partition coefficient (Wildman–Crippen LogP) is 1.99. The molecule has 29 heavy (non-hydrogen) atoms. The van der Waals surface area contributed by atoms with E-state index in [1.807, 2.05) is 6.07 Å². The summed E-state index contributed by atoms with van der Waals surface area (Å²) in [5.74, 6) is 1.14. The largest absolute Gasteiger partial charge is 0.447 e. The maximum atomic E-state index is 12.5. The maximum Gasteiger partial charge on any atom is 0.275 e. The topological polar surface area (TPSA) is 81.5 Å². The third-order valence-electron chi connectivity index (χ3n) is 5.13. The molecule has 3 heterocycles. The van der Waals surface area contributed by atoms with Gasteiger partial charge in [-0.15, -0.1) is 0 Å². The summed E-state index contributed by atoms with van der Waals surface area (Å²) in [6, 6.07) is 10.5. The number of aromatic amines is 1. The van der Waals surface area contributed by atoms with Crippen molar-refractivity contribution in [1.29, 1.82) is 0 Å². The number of aromatic nitrogens is 3. The summed E-state index contributed by atoms with van der Waals surface area (Å²) in [5, 5.41) is 0. The van der Waals surface area contributed by atoms with Gasteiger partial charge in [0, 0.05) is 52.2 Å². The molecular formula is C21H26N6O2. The highest BCUT2D eigenvalue weighted by Crippen LogP contribution is 2.13. The van der Waals surface area contributed by atoms with Crippen molar-refractivity contribution in [3.05, 3.63) is 72.0 Å². The van der Waals surface area contributed by atoms with Crippen LogP contribution in [0.2, 0.25) is 0 Å². The van der Waals surface area contributed by atoms with Gasteiger partial charge >= 0.3 is 0 Å². The molecule has 1 aliphatic heterocycles. The van der Waals surface area contributed by atoms with Crippen LogP contribution in [0.3, 0.4) is 0 Å². The molecule has 3 aromatic rings. The van der Waals surface area contributed by atoms with Gasteiger partial charge in [-0.1, -0.05) is 30.3 Å². The number of hydrogen-bond donors (Lipinski definition) is 1. The van der Waals surface area contributed by atoms with E-state index in [9.17, 15) is 4.79 Å². The first kappa shape index (κ1) is 19.4. The molecule has 152 valence electrons. The molecule has 0 saturated carbocycles. The number of oxazole rings is 1. The van der Waals surface area contributed by atoms with Crippen molar-refractivity contribution in [3.8, 4) is 0 Å². The number of nitrogens with zero attached hydrogens (tertiary/aromatic N) is 5. The number of hydrogen-bond acceptors (Lipinski definition) is 6. The molecule has 8 heteroatoms. The van der Waals surface area contributed by atoms with Crippen molar-refractivity contribution >= 4 is 5.91 Å². The average Bonchev–Trinajstić information content (AvgIpc) is 3.42. The standard InChI is InChI=1S/C21H26N6O2/c1-25(14-19-22-7-8-23-19)21(28)18-16-29-20(24-18)15-27-11-9-26(10-12-27)13-17-5-3-2-4-6-17/h2-8,16H,9-15H2,1H3,(H,22,23). The van der Waals surface area contributed by atoms with Gasteiger partial charge in [-0.25, -0.2) is 9.97 Å². The second-order valence-electron chi connectivity index (χ2n) is 7.36. The highest BCUT2D eigenvalue weighted by atomic mass is 16.3. The lowest BCUT2D eigenvalue weighted by molar-refractivity contribution is 0.0775. The van der Waals surface area contributed by atoms with Crippen LogP contribution in [0.1, 0.15) is 27.8 Å². The molecule has 0 radical (unpaired) electrons. The Morgan fingerprint density at radius 3 is 2.55 bits per heavy atom. The fourth-order valence-corrected chi connectivity index (χ4v) is 3.50. The third-order valence-corrected chi connectivity index (χ3v) is 5.13. The summed E-state index contributed by atoms with van der Waals surface area (Å²) in [6.07, 6.45) is 4.85. The van der Waals surface area contributed by atoms with E-state index in [2.05, 4.69) is 49.0 Å². The van der Waals surface area contributed by atoms with Crippen LogP contribution in [0, 0.1) is 0 Å². The van der Waals surface area contributed by atoms with Crippen LogP contribution in [-0.2, 0) is 19.6 Å². The van der Waals surface area contributed by atoms with Crippen molar-refractivity contribution in [2.24, 2.45) is 0 Å². The Bertz CT molecular complexity index is 900. The van der Waals surface area contributed by atoms with Gasteiger partial charge in [-0.05, 0) is 5.56 Å². The Morgan fingerprint density at radius 2 is 1.86 bits per heavy atom. The van der Waals surface area contributed by atoms with Crippen molar-refractivity contribution in [3.63, 3.8) is 0 Å². The van der Waals surface area contributed by atoms with E-state index in [0.29, 0.717) is 24.7 Å². The molecule has 0 atom stereocenters. The first-order valence-electron chi connectivity index (χ1n) is 9.84. The first-order valence-corrected chi connectivity index (χ1v) is 9.84. The fraction of sp³-hybridized carbons (Fsp3) is 0.381. The zero-order valence-corrected chi connectivity index (χ0v) is 16.6. The molecule has 1 saturated heterocycles. The summed E-state index contributed by atoms with van der Waals surface area (Å²) in [5.41, 5.74) is 1.67. The lowest BCUT2D eigenvalue weighted by Gasteiger charge is -2.34. The zero-order valence-electron chi connectivity index (χ0n) is 16.6. The Kier molecular flexibility index (Phi) is 6.02. The molecule has 1 fully saturated rings. The number of nitrogens with one attached hydrogen (secondary N) is 1. The molecule has 8 nitrogen and oxygen atoms in total. The Hall–Kier alpha value is -2.97. The van der Waals surface area contributed by atoms with Gasteiger partial charge in [0.15, 0.2) is 5.69 Å². The van der Waals surface area contributed by atoms with Crippen LogP contribution in [0.15, 0.2) is 53.4 Å². The summed E-state index contributed by atoms with van der Waals surface area (Å²) in [6.45, 7) is 5.93. The monoisotopic (exact) mass is 394 g/mol. The molecule has 0 aliphatic carbocycles. The minimum Gasteiger partial charge on any atom is -0.447 e. The number of carbonyl (C=O) groups is 1. The van der Waals surface area contributed by atoms with E-state index in [0.717, 1.165) is 38.5 Å². The predicted molar refractivity (Wildman–Crippen MR) is 108 cm³/mol. The quantitative estimate of drug-likeness (QED) is 0.660. The van der Waals surface area contributed by atoms with Crippen molar-refractivity contribution in [1.82, 2.24) is 29.7 Å². The number of benzene rings is 1. The maximum absolute atomic E-state index is 12.5. The van der Waals surface area contributed by atoms with Crippen molar-refractivity contribution in [2.45, 2.75) is 19.6 Å². The minimum absolute atomic E-state index is 0.177. The molecule has 1 aromatic carbocycles. The summed E-state index contributed by atoms with van der Waals surface area (Å²) in [4.78, 5) is 30.4. The van der Waals surface area contributed by atoms with Crippen LogP contribution in [0.25, 0.3) is 0 Å². The molecule has 0 bridgehead atoms. The number of H-pyrrole nitrogens is 1. The number of piperazine rings is 1. The second-order valence-corrected chi connectivity index (χ2v) is 7.36. The number of rotatable bonds is 7. The van der Waals surface area contributed by atoms with Gasteiger partial charge in [-0.3, -0.25) is 14.6 Å². The van der Waals surface area contributed by atoms with Gasteiger partial charge < -0.3 is 14.3 Å². The van der Waals surface area contributed by atoms with E-state index in [1.54, 1.807) is 24.3 Å². The lowest BCUT2D eigenvalue weighted by Crippen LogP contribution is -2.45. The third kappa shape index (κ3) is 5.10. The number of imidazole rings is 1. The molecule has 0 spiro atoms. The summed E-state index contributed by atoms with van der Waals surface area (Å²) in [7, 11) is 1.73. The molecule has 1 amide bonds. The van der Waals surface area contributed by atoms with Gasteiger partial charge in [-0.2, -0.15) is 0 Å². The van der Waals surface area contributed by atoms with Crippen molar-refractivity contribution < 1.29 is 9.21 Å². The van der Waals surface area contributed by atoms with E-state index >= 15 is 0 Å². The molecule has 1 N–H and O–H groups in total. The van der Waals surface area contributed by atoms with E-state index in [-0.39, 0.29) is 5.91 Å². The van der Waals surface area contributed by atoms with Crippen LogP contribution in [0.5, 0.6) is 0 Å². The van der Waals surface area contributed by atoms with E-state index in [1.165, 1.54) is 11.8 Å². The van der Waals surface area contributed by atoms with Crippen LogP contribution >= 0.6 is 0 Å². The lowest BCUT2D eigenvalue weighted by atomic mass is 10.2. The van der Waals surface area contributed by atoms with Crippen molar-refractivity contribution in [2.75, 3.05) is 33.2 Å². The van der Waals surface area contributed by atoms with Crippen LogP contribution in [-0.4, -0.2) is 68.8 Å². The molecule has 4 rings (SSSR count). The summed E-state index contributed by atoms with van der Waals surface area (Å²) < 4.78 is 5.56. The Balaban J connectivity index is 1.26. The van der Waals surface area contributed by atoms with E-state index < -0.39 is 0 Å². The van der Waals surface area contributed by atoms with E-state index in [4.69, 9.17) is 4.42 Å². The molecule has 0 unspecified atom stereocenters. The zero-order chi connectivity index (χ0) is 20.1. The second kappa shape index (κ2) is 9.02. The normalized spacial score (nSPS) is 15.5. The molecular weight excluding hydrogens is 368 g/mol.